The molecule has 0 saturated heterocycles. The summed E-state index contributed by atoms with van der Waals surface area (Å²) in [6.07, 6.45) is 0. The quantitative estimate of drug-likeness (QED) is 0.631. The van der Waals surface area contributed by atoms with Gasteiger partial charge in [0.15, 0.2) is 0 Å². The lowest BCUT2D eigenvalue weighted by molar-refractivity contribution is 0.0600. The van der Waals surface area contributed by atoms with Gasteiger partial charge in [-0.2, -0.15) is 0 Å². The van der Waals surface area contributed by atoms with Gasteiger partial charge >= 0.3 is 5.97 Å². The predicted octanol–water partition coefficient (Wildman–Crippen LogP) is 2.41. The van der Waals surface area contributed by atoms with Crippen molar-refractivity contribution in [2.75, 3.05) is 12.0 Å². The van der Waals surface area contributed by atoms with Crippen LogP contribution in [0.15, 0.2) is 42.5 Å². The molecule has 1 heterocycles. The summed E-state index contributed by atoms with van der Waals surface area (Å²) in [6, 6.07) is 9.72. The van der Waals surface area contributed by atoms with Crippen molar-refractivity contribution in [3.05, 3.63) is 65.0 Å². The Hall–Kier alpha value is -3.02. The second-order valence-electron chi connectivity index (χ2n) is 4.65. The average Bonchev–Trinajstić information content (AvgIpc) is 2.79. The monoisotopic (exact) mass is 299 g/mol. The molecule has 2 aromatic carbocycles. The van der Waals surface area contributed by atoms with Gasteiger partial charge in [-0.05, 0) is 30.3 Å². The van der Waals surface area contributed by atoms with Crippen LogP contribution in [0.4, 0.5) is 10.1 Å². The van der Waals surface area contributed by atoms with Crippen molar-refractivity contribution >= 4 is 23.5 Å². The molecule has 0 fully saturated rings. The molecule has 0 atom stereocenters. The first kappa shape index (κ1) is 13.9. The minimum absolute atomic E-state index is 0.000332. The minimum Gasteiger partial charge on any atom is -0.465 e. The van der Waals surface area contributed by atoms with Crippen molar-refractivity contribution in [2.45, 2.75) is 0 Å². The number of rotatable bonds is 2. The Balaban J connectivity index is 2.05. The summed E-state index contributed by atoms with van der Waals surface area (Å²) < 4.78 is 18.7. The van der Waals surface area contributed by atoms with Gasteiger partial charge in [0, 0.05) is 0 Å². The third-order valence-electron chi connectivity index (χ3n) is 3.40. The number of benzene rings is 2. The molecule has 0 saturated carbocycles. The topological polar surface area (TPSA) is 63.7 Å². The van der Waals surface area contributed by atoms with Gasteiger partial charge in [0.1, 0.15) is 5.82 Å². The van der Waals surface area contributed by atoms with Gasteiger partial charge in [-0.15, -0.1) is 0 Å². The summed E-state index contributed by atoms with van der Waals surface area (Å²) in [5.74, 6) is -2.74. The maximum atomic E-state index is 14.2. The minimum atomic E-state index is -0.850. The molecule has 0 unspecified atom stereocenters. The number of carbonyl (C=O) groups excluding carboxylic acids is 3. The van der Waals surface area contributed by atoms with E-state index in [1.165, 1.54) is 31.4 Å². The van der Waals surface area contributed by atoms with Crippen molar-refractivity contribution in [3.8, 4) is 0 Å². The number of fused-ring (bicyclic) bond motifs is 1. The Morgan fingerprint density at radius 1 is 1.05 bits per heavy atom. The number of carbonyl (C=O) groups is 3. The molecule has 22 heavy (non-hydrogen) atoms. The summed E-state index contributed by atoms with van der Waals surface area (Å²) in [5.41, 5.74) is 0.257. The third kappa shape index (κ3) is 1.96. The van der Waals surface area contributed by atoms with Gasteiger partial charge in [0.25, 0.3) is 11.8 Å². The molecule has 2 aromatic rings. The fraction of sp³-hybridized carbons (Fsp3) is 0.0625. The largest absolute Gasteiger partial charge is 0.465 e. The van der Waals surface area contributed by atoms with Crippen molar-refractivity contribution < 1.29 is 23.5 Å². The van der Waals surface area contributed by atoms with Gasteiger partial charge in [-0.25, -0.2) is 14.1 Å². The molecule has 2 amide bonds. The van der Waals surface area contributed by atoms with Gasteiger partial charge in [-0.1, -0.05) is 12.1 Å². The Kier molecular flexibility index (Phi) is 3.21. The summed E-state index contributed by atoms with van der Waals surface area (Å²) in [5, 5.41) is 0. The first-order chi connectivity index (χ1) is 10.5. The normalized spacial score (nSPS) is 13.3. The summed E-state index contributed by atoms with van der Waals surface area (Å²) in [7, 11) is 1.18. The number of hydrogen-bond donors (Lipinski definition) is 0. The molecular weight excluding hydrogens is 289 g/mol. The SMILES string of the molecule is COC(=O)c1ccc(N2C(=O)c3ccccc3C2=O)c(F)c1. The van der Waals surface area contributed by atoms with Crippen molar-refractivity contribution in [1.29, 1.82) is 0 Å². The molecule has 0 N–H and O–H groups in total. The Bertz CT molecular complexity index is 781. The van der Waals surface area contributed by atoms with E-state index in [9.17, 15) is 18.8 Å². The lowest BCUT2D eigenvalue weighted by Crippen LogP contribution is -2.30. The molecule has 6 heteroatoms. The van der Waals surface area contributed by atoms with Crippen LogP contribution in [0.2, 0.25) is 0 Å². The van der Waals surface area contributed by atoms with Crippen LogP contribution >= 0.6 is 0 Å². The predicted molar refractivity (Wildman–Crippen MR) is 75.3 cm³/mol. The number of amides is 2. The van der Waals surface area contributed by atoms with Crippen LogP contribution in [-0.2, 0) is 4.74 Å². The second-order valence-corrected chi connectivity index (χ2v) is 4.65. The summed E-state index contributed by atoms with van der Waals surface area (Å²) in [4.78, 5) is 36.7. The highest BCUT2D eigenvalue weighted by molar-refractivity contribution is 6.34. The highest BCUT2D eigenvalue weighted by Crippen LogP contribution is 2.30. The third-order valence-corrected chi connectivity index (χ3v) is 3.40. The van der Waals surface area contributed by atoms with Crippen LogP contribution in [0.3, 0.4) is 0 Å². The van der Waals surface area contributed by atoms with Gasteiger partial charge in [0.2, 0.25) is 0 Å². The highest BCUT2D eigenvalue weighted by atomic mass is 19.1. The number of hydrogen-bond acceptors (Lipinski definition) is 4. The van der Waals surface area contributed by atoms with E-state index in [4.69, 9.17) is 0 Å². The number of esters is 1. The molecule has 1 aliphatic rings. The fourth-order valence-electron chi connectivity index (χ4n) is 2.34. The van der Waals surface area contributed by atoms with E-state index in [2.05, 4.69) is 4.74 Å². The standard InChI is InChI=1S/C16H10FNO4/c1-22-16(21)9-6-7-13(12(17)8-9)18-14(19)10-4-2-3-5-11(10)15(18)20/h2-8H,1H3. The fourth-order valence-corrected chi connectivity index (χ4v) is 2.34. The van der Waals surface area contributed by atoms with Crippen molar-refractivity contribution in [1.82, 2.24) is 0 Å². The molecule has 0 aromatic heterocycles. The van der Waals surface area contributed by atoms with E-state index >= 15 is 0 Å². The Morgan fingerprint density at radius 2 is 1.64 bits per heavy atom. The Morgan fingerprint density at radius 3 is 2.14 bits per heavy atom. The first-order valence-corrected chi connectivity index (χ1v) is 6.40. The van der Waals surface area contributed by atoms with E-state index in [1.807, 2.05) is 0 Å². The molecule has 3 rings (SSSR count). The zero-order valence-electron chi connectivity index (χ0n) is 11.5. The van der Waals surface area contributed by atoms with Crippen LogP contribution in [0.25, 0.3) is 0 Å². The molecule has 5 nitrogen and oxygen atoms in total. The van der Waals surface area contributed by atoms with Crippen LogP contribution < -0.4 is 4.90 Å². The zero-order chi connectivity index (χ0) is 15.9. The van der Waals surface area contributed by atoms with E-state index in [1.54, 1.807) is 12.1 Å². The number of methoxy groups -OCH3 is 1. The summed E-state index contributed by atoms with van der Waals surface area (Å²) in [6.45, 7) is 0. The van der Waals surface area contributed by atoms with Crippen molar-refractivity contribution in [2.24, 2.45) is 0 Å². The van der Waals surface area contributed by atoms with Crippen LogP contribution in [0.1, 0.15) is 31.1 Å². The molecule has 0 aliphatic carbocycles. The lowest BCUT2D eigenvalue weighted by atomic mass is 10.1. The Labute approximate surface area is 124 Å². The number of halogens is 1. The average molecular weight is 299 g/mol. The van der Waals surface area contributed by atoms with E-state index in [0.717, 1.165) is 11.0 Å². The lowest BCUT2D eigenvalue weighted by Gasteiger charge is -2.15. The first-order valence-electron chi connectivity index (χ1n) is 6.40. The molecular formula is C16H10FNO4. The summed E-state index contributed by atoms with van der Waals surface area (Å²) >= 11 is 0. The maximum Gasteiger partial charge on any atom is 0.337 e. The van der Waals surface area contributed by atoms with Crippen LogP contribution in [0, 0.1) is 5.82 Å². The zero-order valence-corrected chi connectivity index (χ0v) is 11.5. The molecule has 1 aliphatic heterocycles. The molecule has 0 bridgehead atoms. The van der Waals surface area contributed by atoms with Gasteiger partial charge in [0.05, 0.1) is 29.5 Å². The van der Waals surface area contributed by atoms with Crippen molar-refractivity contribution in [3.63, 3.8) is 0 Å². The second kappa shape index (κ2) is 5.07. The number of anilines is 1. The molecule has 0 radical (unpaired) electrons. The van der Waals surface area contributed by atoms with E-state index < -0.39 is 23.6 Å². The highest BCUT2D eigenvalue weighted by Gasteiger charge is 2.37. The van der Waals surface area contributed by atoms with E-state index in [0.29, 0.717) is 0 Å². The van der Waals surface area contributed by atoms with Gasteiger partial charge in [-0.3, -0.25) is 9.59 Å². The van der Waals surface area contributed by atoms with E-state index in [-0.39, 0.29) is 22.4 Å². The maximum absolute atomic E-state index is 14.2. The van der Waals surface area contributed by atoms with Crippen LogP contribution in [-0.4, -0.2) is 24.9 Å². The molecule has 0 spiro atoms. The van der Waals surface area contributed by atoms with Gasteiger partial charge < -0.3 is 4.74 Å². The van der Waals surface area contributed by atoms with Crippen LogP contribution in [0.5, 0.6) is 0 Å². The smallest absolute Gasteiger partial charge is 0.337 e. The number of ether oxygens (including phenoxy) is 1. The number of nitrogens with zero attached hydrogens (tertiary/aromatic N) is 1. The number of imide groups is 1. The molecule has 110 valence electrons.